The Hall–Kier alpha value is -1.80. The normalized spacial score (nSPS) is 24.6. The Labute approximate surface area is 149 Å². The molecule has 0 bridgehead atoms. The Morgan fingerprint density at radius 3 is 2.48 bits per heavy atom. The van der Waals surface area contributed by atoms with Crippen molar-refractivity contribution in [3.05, 3.63) is 18.3 Å². The van der Waals surface area contributed by atoms with Crippen LogP contribution in [0.5, 0.6) is 0 Å². The number of aromatic nitrogens is 1. The molecular formula is C17H26BN3O4. The van der Waals surface area contributed by atoms with E-state index in [9.17, 15) is 4.79 Å². The van der Waals surface area contributed by atoms with E-state index in [-0.39, 0.29) is 17.2 Å². The number of hydrogen-bond donors (Lipinski definition) is 1. The van der Waals surface area contributed by atoms with Crippen LogP contribution < -0.4 is 10.4 Å². The molecule has 2 aliphatic heterocycles. The molecule has 0 saturated carbocycles. The van der Waals surface area contributed by atoms with Gasteiger partial charge < -0.3 is 24.2 Å². The van der Waals surface area contributed by atoms with Crippen LogP contribution in [0.2, 0.25) is 0 Å². The number of likely N-dealkylation sites (N-methyl/N-ethyl adjacent to an activating group) is 1. The number of anilines is 1. The van der Waals surface area contributed by atoms with Gasteiger partial charge in [-0.3, -0.25) is 0 Å². The summed E-state index contributed by atoms with van der Waals surface area (Å²) < 4.78 is 12.1. The summed E-state index contributed by atoms with van der Waals surface area (Å²) in [6, 6.07) is 3.92. The maximum atomic E-state index is 11.1. The molecule has 1 aromatic rings. The molecule has 0 aliphatic carbocycles. The van der Waals surface area contributed by atoms with Crippen LogP contribution in [0.25, 0.3) is 0 Å². The van der Waals surface area contributed by atoms with Gasteiger partial charge in [-0.05, 0) is 40.2 Å². The SMILES string of the molecule is CN(C(=O)O)C1CCN(c2ccc(B3OC(C)(C)C(C)(C)O3)cn2)C1. The lowest BCUT2D eigenvalue weighted by molar-refractivity contribution is 0.00578. The molecule has 0 aromatic carbocycles. The second kappa shape index (κ2) is 6.18. The van der Waals surface area contributed by atoms with Crippen LogP contribution in [0, 0.1) is 0 Å². The summed E-state index contributed by atoms with van der Waals surface area (Å²) in [6.07, 6.45) is 1.70. The lowest BCUT2D eigenvalue weighted by atomic mass is 9.80. The first-order valence-electron chi connectivity index (χ1n) is 8.63. The fourth-order valence-electron chi connectivity index (χ4n) is 3.13. The summed E-state index contributed by atoms with van der Waals surface area (Å²) >= 11 is 0. The number of carboxylic acid groups (broad SMARTS) is 1. The van der Waals surface area contributed by atoms with Crippen LogP contribution in [0.3, 0.4) is 0 Å². The maximum Gasteiger partial charge on any atom is 0.496 e. The van der Waals surface area contributed by atoms with E-state index in [0.717, 1.165) is 24.2 Å². The molecule has 3 rings (SSSR count). The number of rotatable bonds is 3. The molecule has 1 unspecified atom stereocenters. The van der Waals surface area contributed by atoms with Crippen LogP contribution in [0.1, 0.15) is 34.1 Å². The van der Waals surface area contributed by atoms with Crippen molar-refractivity contribution in [2.45, 2.75) is 51.4 Å². The Kier molecular flexibility index (Phi) is 4.45. The Morgan fingerprint density at radius 1 is 1.32 bits per heavy atom. The monoisotopic (exact) mass is 347 g/mol. The number of pyridine rings is 1. The van der Waals surface area contributed by atoms with Gasteiger partial charge in [0.25, 0.3) is 0 Å². The predicted molar refractivity (Wildman–Crippen MR) is 96.4 cm³/mol. The van der Waals surface area contributed by atoms with E-state index in [1.165, 1.54) is 4.90 Å². The van der Waals surface area contributed by atoms with Crippen LogP contribution in [0.4, 0.5) is 10.6 Å². The minimum Gasteiger partial charge on any atom is -0.465 e. The van der Waals surface area contributed by atoms with Crippen molar-refractivity contribution in [1.82, 2.24) is 9.88 Å². The third-order valence-corrected chi connectivity index (χ3v) is 5.63. The second-order valence-electron chi connectivity index (χ2n) is 7.82. The summed E-state index contributed by atoms with van der Waals surface area (Å²) in [7, 11) is 1.20. The second-order valence-corrected chi connectivity index (χ2v) is 7.82. The molecule has 1 N–H and O–H groups in total. The molecule has 0 radical (unpaired) electrons. The molecule has 2 aliphatic rings. The quantitative estimate of drug-likeness (QED) is 0.837. The number of carbonyl (C=O) groups is 1. The molecule has 136 valence electrons. The first-order chi connectivity index (χ1) is 11.6. The number of hydrogen-bond acceptors (Lipinski definition) is 5. The van der Waals surface area contributed by atoms with E-state index in [0.29, 0.717) is 6.54 Å². The Bertz CT molecular complexity index is 634. The number of nitrogens with zero attached hydrogens (tertiary/aromatic N) is 3. The van der Waals surface area contributed by atoms with Crippen LogP contribution in [-0.2, 0) is 9.31 Å². The van der Waals surface area contributed by atoms with Gasteiger partial charge in [-0.15, -0.1) is 0 Å². The highest BCUT2D eigenvalue weighted by atomic mass is 16.7. The van der Waals surface area contributed by atoms with Crippen LogP contribution in [-0.4, -0.2) is 65.6 Å². The van der Waals surface area contributed by atoms with E-state index >= 15 is 0 Å². The lowest BCUT2D eigenvalue weighted by Gasteiger charge is -2.32. The van der Waals surface area contributed by atoms with Gasteiger partial charge in [0.2, 0.25) is 0 Å². The third-order valence-electron chi connectivity index (χ3n) is 5.63. The highest BCUT2D eigenvalue weighted by molar-refractivity contribution is 6.62. The van der Waals surface area contributed by atoms with Gasteiger partial charge in [0.05, 0.1) is 17.2 Å². The molecule has 8 heteroatoms. The minimum atomic E-state index is -0.893. The summed E-state index contributed by atoms with van der Waals surface area (Å²) in [5.74, 6) is 0.849. The van der Waals surface area contributed by atoms with Crippen molar-refractivity contribution in [3.63, 3.8) is 0 Å². The zero-order valence-electron chi connectivity index (χ0n) is 15.5. The fourth-order valence-corrected chi connectivity index (χ4v) is 3.13. The van der Waals surface area contributed by atoms with E-state index in [2.05, 4.69) is 9.88 Å². The molecule has 2 fully saturated rings. The average molecular weight is 347 g/mol. The van der Waals surface area contributed by atoms with Crippen molar-refractivity contribution < 1.29 is 19.2 Å². The van der Waals surface area contributed by atoms with Crippen molar-refractivity contribution in [1.29, 1.82) is 0 Å². The van der Waals surface area contributed by atoms with E-state index in [1.807, 2.05) is 39.8 Å². The zero-order valence-corrected chi connectivity index (χ0v) is 15.5. The fraction of sp³-hybridized carbons (Fsp3) is 0.647. The summed E-state index contributed by atoms with van der Waals surface area (Å²) in [5.41, 5.74) is 0.139. The molecule has 7 nitrogen and oxygen atoms in total. The highest BCUT2D eigenvalue weighted by Crippen LogP contribution is 2.36. The van der Waals surface area contributed by atoms with Gasteiger partial charge >= 0.3 is 13.2 Å². The summed E-state index contributed by atoms with van der Waals surface area (Å²) in [5, 5.41) is 9.11. The lowest BCUT2D eigenvalue weighted by Crippen LogP contribution is -2.41. The van der Waals surface area contributed by atoms with E-state index < -0.39 is 13.2 Å². The van der Waals surface area contributed by atoms with Gasteiger partial charge in [0.1, 0.15) is 5.82 Å². The summed E-state index contributed by atoms with van der Waals surface area (Å²) in [6.45, 7) is 9.56. The van der Waals surface area contributed by atoms with Gasteiger partial charge in [-0.25, -0.2) is 9.78 Å². The van der Waals surface area contributed by atoms with Crippen molar-refractivity contribution in [3.8, 4) is 0 Å². The number of amides is 1. The molecular weight excluding hydrogens is 321 g/mol. The first-order valence-corrected chi connectivity index (χ1v) is 8.63. The van der Waals surface area contributed by atoms with Gasteiger partial charge in [0, 0.05) is 31.8 Å². The molecule has 25 heavy (non-hydrogen) atoms. The first kappa shape index (κ1) is 18.0. The molecule has 0 spiro atoms. The maximum absolute atomic E-state index is 11.1. The topological polar surface area (TPSA) is 75.1 Å². The molecule has 2 saturated heterocycles. The van der Waals surface area contributed by atoms with Crippen LogP contribution >= 0.6 is 0 Å². The Morgan fingerprint density at radius 2 is 1.96 bits per heavy atom. The molecule has 1 aromatic heterocycles. The zero-order chi connectivity index (χ0) is 18.4. The van der Waals surface area contributed by atoms with Gasteiger partial charge in [-0.1, -0.05) is 6.07 Å². The summed E-state index contributed by atoms with van der Waals surface area (Å²) in [4.78, 5) is 19.1. The van der Waals surface area contributed by atoms with Gasteiger partial charge in [-0.2, -0.15) is 0 Å². The van der Waals surface area contributed by atoms with E-state index in [1.54, 1.807) is 13.2 Å². The molecule has 3 heterocycles. The molecule has 1 amide bonds. The minimum absolute atomic E-state index is 0.00192. The highest BCUT2D eigenvalue weighted by Gasteiger charge is 2.51. The van der Waals surface area contributed by atoms with Crippen molar-refractivity contribution >= 4 is 24.5 Å². The Balaban J connectivity index is 1.67. The van der Waals surface area contributed by atoms with Crippen molar-refractivity contribution in [2.75, 3.05) is 25.0 Å². The molecule has 1 atom stereocenters. The largest absolute Gasteiger partial charge is 0.496 e. The predicted octanol–water partition coefficient (Wildman–Crippen LogP) is 1.57. The standard InChI is InChI=1S/C17H26BN3O4/c1-16(2)17(3,4)25-18(24-16)12-6-7-14(19-10-12)21-9-8-13(11-21)20(5)15(22)23/h6-7,10,13H,8-9,11H2,1-5H3,(H,22,23). The van der Waals surface area contributed by atoms with E-state index in [4.69, 9.17) is 14.4 Å². The smallest absolute Gasteiger partial charge is 0.465 e. The van der Waals surface area contributed by atoms with Gasteiger partial charge in [0.15, 0.2) is 0 Å². The van der Waals surface area contributed by atoms with Crippen LogP contribution in [0.15, 0.2) is 18.3 Å². The van der Waals surface area contributed by atoms with Crippen molar-refractivity contribution in [2.24, 2.45) is 0 Å². The average Bonchev–Trinajstić information content (AvgIpc) is 3.10. The third kappa shape index (κ3) is 3.33.